The summed E-state index contributed by atoms with van der Waals surface area (Å²) in [6.45, 7) is 4.76. The highest BCUT2D eigenvalue weighted by molar-refractivity contribution is 5.53. The quantitative estimate of drug-likeness (QED) is 0.732. The molecule has 1 aliphatic rings. The highest BCUT2D eigenvalue weighted by Crippen LogP contribution is 2.29. The molecule has 3 aromatic rings. The van der Waals surface area contributed by atoms with E-state index in [0.29, 0.717) is 11.7 Å². The summed E-state index contributed by atoms with van der Waals surface area (Å²) in [5.74, 6) is 2.63. The van der Waals surface area contributed by atoms with Gasteiger partial charge in [-0.05, 0) is 32.9 Å². The first kappa shape index (κ1) is 15.1. The van der Waals surface area contributed by atoms with Gasteiger partial charge in [-0.3, -0.25) is 4.90 Å². The first-order chi connectivity index (χ1) is 11.8. The molecule has 1 aliphatic heterocycles. The second kappa shape index (κ2) is 6.57. The Morgan fingerprint density at radius 1 is 1.08 bits per heavy atom. The molecule has 1 fully saturated rings. The van der Waals surface area contributed by atoms with Gasteiger partial charge in [0.25, 0.3) is 0 Å². The first-order valence-electron chi connectivity index (χ1n) is 8.31. The number of hydrogen-bond acceptors (Lipinski definition) is 6. The van der Waals surface area contributed by atoms with Gasteiger partial charge in [-0.1, -0.05) is 40.6 Å². The van der Waals surface area contributed by atoms with Crippen molar-refractivity contribution in [2.45, 2.75) is 32.2 Å². The fourth-order valence-electron chi connectivity index (χ4n) is 3.17. The van der Waals surface area contributed by atoms with E-state index in [1.54, 1.807) is 0 Å². The van der Waals surface area contributed by atoms with E-state index in [9.17, 15) is 0 Å². The van der Waals surface area contributed by atoms with Crippen molar-refractivity contribution in [3.63, 3.8) is 0 Å². The molecule has 0 bridgehead atoms. The molecule has 1 saturated heterocycles. The van der Waals surface area contributed by atoms with Gasteiger partial charge in [0.05, 0.1) is 5.69 Å². The minimum absolute atomic E-state index is 0.338. The van der Waals surface area contributed by atoms with E-state index < -0.39 is 0 Å². The Morgan fingerprint density at radius 2 is 1.88 bits per heavy atom. The van der Waals surface area contributed by atoms with Crippen LogP contribution in [0.15, 0.2) is 45.4 Å². The van der Waals surface area contributed by atoms with Crippen molar-refractivity contribution in [2.24, 2.45) is 0 Å². The molecule has 0 amide bonds. The van der Waals surface area contributed by atoms with Gasteiger partial charge in [-0.15, -0.1) is 0 Å². The largest absolute Gasteiger partial charge is 0.361 e. The molecule has 3 heterocycles. The van der Waals surface area contributed by atoms with Crippen LogP contribution in [0.4, 0.5) is 0 Å². The molecule has 6 nitrogen and oxygen atoms in total. The second-order valence-corrected chi connectivity index (χ2v) is 6.30. The number of piperidine rings is 1. The highest BCUT2D eigenvalue weighted by atomic mass is 16.5. The normalized spacial score (nSPS) is 16.5. The van der Waals surface area contributed by atoms with Crippen LogP contribution in [-0.4, -0.2) is 33.3 Å². The molecule has 0 aliphatic carbocycles. The molecule has 124 valence electrons. The summed E-state index contributed by atoms with van der Waals surface area (Å²) < 4.78 is 10.6. The lowest BCUT2D eigenvalue weighted by atomic mass is 9.96. The van der Waals surface area contributed by atoms with Crippen LogP contribution in [0.2, 0.25) is 0 Å². The molecule has 6 heteroatoms. The molecular weight excluding hydrogens is 304 g/mol. The third-order valence-corrected chi connectivity index (χ3v) is 4.47. The number of aromatic nitrogens is 3. The predicted molar refractivity (Wildman–Crippen MR) is 88.2 cm³/mol. The van der Waals surface area contributed by atoms with Crippen LogP contribution < -0.4 is 0 Å². The Morgan fingerprint density at radius 3 is 2.58 bits per heavy atom. The minimum atomic E-state index is 0.338. The Hall–Kier alpha value is -2.47. The van der Waals surface area contributed by atoms with Gasteiger partial charge in [-0.25, -0.2) is 0 Å². The van der Waals surface area contributed by atoms with E-state index in [0.717, 1.165) is 55.4 Å². The van der Waals surface area contributed by atoms with Gasteiger partial charge in [0, 0.05) is 24.1 Å². The number of benzene rings is 1. The van der Waals surface area contributed by atoms with E-state index in [-0.39, 0.29) is 0 Å². The van der Waals surface area contributed by atoms with Gasteiger partial charge in [0.1, 0.15) is 5.76 Å². The van der Waals surface area contributed by atoms with Crippen molar-refractivity contribution in [2.75, 3.05) is 13.1 Å². The number of aryl methyl sites for hydroxylation is 1. The van der Waals surface area contributed by atoms with Gasteiger partial charge >= 0.3 is 0 Å². The van der Waals surface area contributed by atoms with Crippen molar-refractivity contribution in [3.8, 4) is 11.4 Å². The summed E-state index contributed by atoms with van der Waals surface area (Å²) >= 11 is 0. The maximum absolute atomic E-state index is 5.51. The molecule has 0 spiro atoms. The van der Waals surface area contributed by atoms with Crippen LogP contribution in [-0.2, 0) is 6.54 Å². The molecule has 24 heavy (non-hydrogen) atoms. The minimum Gasteiger partial charge on any atom is -0.361 e. The van der Waals surface area contributed by atoms with Crippen LogP contribution in [0, 0.1) is 6.92 Å². The van der Waals surface area contributed by atoms with E-state index in [1.165, 1.54) is 0 Å². The topological polar surface area (TPSA) is 68.2 Å². The molecule has 0 radical (unpaired) electrons. The standard InChI is InChI=1S/C18H20N4O2/c1-13-11-16(20-23-13)12-22-9-7-15(8-10-22)18-19-17(21-24-18)14-5-3-2-4-6-14/h2-6,11,15H,7-10,12H2,1H3. The Labute approximate surface area is 140 Å². The van der Waals surface area contributed by atoms with Crippen molar-refractivity contribution in [1.29, 1.82) is 0 Å². The summed E-state index contributed by atoms with van der Waals surface area (Å²) in [7, 11) is 0. The molecule has 2 aromatic heterocycles. The van der Waals surface area contributed by atoms with Crippen molar-refractivity contribution in [1.82, 2.24) is 20.2 Å². The van der Waals surface area contributed by atoms with Gasteiger partial charge in [-0.2, -0.15) is 4.98 Å². The van der Waals surface area contributed by atoms with Crippen molar-refractivity contribution < 1.29 is 9.05 Å². The van der Waals surface area contributed by atoms with Crippen LogP contribution in [0.5, 0.6) is 0 Å². The average molecular weight is 324 g/mol. The lowest BCUT2D eigenvalue weighted by Gasteiger charge is -2.29. The Balaban J connectivity index is 1.37. The zero-order chi connectivity index (χ0) is 16.4. The fraction of sp³-hybridized carbons (Fsp3) is 0.389. The monoisotopic (exact) mass is 324 g/mol. The summed E-state index contributed by atoms with van der Waals surface area (Å²) in [6, 6.07) is 11.9. The van der Waals surface area contributed by atoms with Crippen molar-refractivity contribution in [3.05, 3.63) is 53.7 Å². The van der Waals surface area contributed by atoms with Gasteiger partial charge in [0.15, 0.2) is 0 Å². The molecule has 0 saturated carbocycles. The smallest absolute Gasteiger partial charge is 0.230 e. The molecule has 4 rings (SSSR count). The number of nitrogens with zero attached hydrogens (tertiary/aromatic N) is 4. The molecular formula is C18H20N4O2. The summed E-state index contributed by atoms with van der Waals surface area (Å²) in [5.41, 5.74) is 1.99. The molecule has 0 atom stereocenters. The molecule has 1 aromatic carbocycles. The summed E-state index contributed by atoms with van der Waals surface area (Å²) in [6.07, 6.45) is 2.04. The maximum Gasteiger partial charge on any atom is 0.230 e. The Bertz CT molecular complexity index is 788. The van der Waals surface area contributed by atoms with Crippen LogP contribution in [0.1, 0.15) is 36.1 Å². The van der Waals surface area contributed by atoms with E-state index in [2.05, 4.69) is 20.2 Å². The first-order valence-corrected chi connectivity index (χ1v) is 8.31. The summed E-state index contributed by atoms with van der Waals surface area (Å²) in [4.78, 5) is 6.98. The van der Waals surface area contributed by atoms with E-state index in [1.807, 2.05) is 43.3 Å². The zero-order valence-electron chi connectivity index (χ0n) is 13.7. The molecule has 0 unspecified atom stereocenters. The fourth-order valence-corrected chi connectivity index (χ4v) is 3.17. The zero-order valence-corrected chi connectivity index (χ0v) is 13.7. The van der Waals surface area contributed by atoms with E-state index >= 15 is 0 Å². The highest BCUT2D eigenvalue weighted by Gasteiger charge is 2.25. The predicted octanol–water partition coefficient (Wildman–Crippen LogP) is 3.41. The second-order valence-electron chi connectivity index (χ2n) is 6.30. The summed E-state index contributed by atoms with van der Waals surface area (Å²) in [5, 5.41) is 8.20. The maximum atomic E-state index is 5.51. The lowest BCUT2D eigenvalue weighted by Crippen LogP contribution is -2.32. The third kappa shape index (κ3) is 3.23. The van der Waals surface area contributed by atoms with E-state index in [4.69, 9.17) is 9.05 Å². The molecule has 0 N–H and O–H groups in total. The average Bonchev–Trinajstić information content (AvgIpc) is 3.26. The Kier molecular flexibility index (Phi) is 4.13. The van der Waals surface area contributed by atoms with Crippen molar-refractivity contribution >= 4 is 0 Å². The lowest BCUT2D eigenvalue weighted by molar-refractivity contribution is 0.183. The van der Waals surface area contributed by atoms with Crippen LogP contribution >= 0.6 is 0 Å². The van der Waals surface area contributed by atoms with Gasteiger partial charge < -0.3 is 9.05 Å². The SMILES string of the molecule is Cc1cc(CN2CCC(c3nc(-c4ccccc4)no3)CC2)no1. The number of likely N-dealkylation sites (tertiary alicyclic amines) is 1. The van der Waals surface area contributed by atoms with Crippen LogP contribution in [0.3, 0.4) is 0 Å². The number of rotatable bonds is 4. The van der Waals surface area contributed by atoms with Gasteiger partial charge in [0.2, 0.25) is 11.7 Å². The number of hydrogen-bond donors (Lipinski definition) is 0. The third-order valence-electron chi connectivity index (χ3n) is 4.47. The van der Waals surface area contributed by atoms with Crippen LogP contribution in [0.25, 0.3) is 11.4 Å².